The molecule has 0 aliphatic rings. The van der Waals surface area contributed by atoms with E-state index in [0.29, 0.717) is 11.1 Å². The minimum absolute atomic E-state index is 0.639. The number of alkyl halides is 1. The largest absolute Gasteiger partial charge is 0.385 e. The first-order valence-electron chi connectivity index (χ1n) is 5.29. The van der Waals surface area contributed by atoms with Gasteiger partial charge in [0.25, 0.3) is 0 Å². The van der Waals surface area contributed by atoms with E-state index in [4.69, 9.17) is 11.6 Å². The Bertz CT molecular complexity index is 271. The van der Waals surface area contributed by atoms with Crippen molar-refractivity contribution >= 4 is 29.1 Å². The molecule has 0 aromatic heterocycles. The quantitative estimate of drug-likeness (QED) is 0.456. The summed E-state index contributed by atoms with van der Waals surface area (Å²) in [5.41, 5.74) is 1.17. The monoisotopic (exact) mass is 243 g/mol. The smallest absolute Gasteiger partial charge is 0.0340 e. The Morgan fingerprint density at radius 2 is 1.93 bits per heavy atom. The third kappa shape index (κ3) is 5.33. The lowest BCUT2D eigenvalue weighted by atomic mass is 10.3. The van der Waals surface area contributed by atoms with Crippen molar-refractivity contribution in [3.05, 3.63) is 24.3 Å². The van der Waals surface area contributed by atoms with Gasteiger partial charge in [0.05, 0.1) is 0 Å². The summed E-state index contributed by atoms with van der Waals surface area (Å²) in [5.74, 6) is 0.717. The molecule has 84 valence electrons. The van der Waals surface area contributed by atoms with Crippen LogP contribution in [0.3, 0.4) is 0 Å². The summed E-state index contributed by atoms with van der Waals surface area (Å²) in [5, 5.41) is 3.97. The normalized spacial score (nSPS) is 10.7. The Balaban J connectivity index is 2.42. The second kappa shape index (κ2) is 7.02. The fourth-order valence-electron chi connectivity index (χ4n) is 1.22. The molecule has 0 atom stereocenters. The summed E-state index contributed by atoms with van der Waals surface area (Å²) in [6.45, 7) is 5.36. The van der Waals surface area contributed by atoms with Gasteiger partial charge in [0.2, 0.25) is 0 Å². The number of anilines is 1. The van der Waals surface area contributed by atoms with Crippen LogP contribution >= 0.6 is 23.4 Å². The number of hydrogen-bond donors (Lipinski definition) is 1. The Morgan fingerprint density at radius 1 is 1.27 bits per heavy atom. The van der Waals surface area contributed by atoms with E-state index < -0.39 is 0 Å². The molecule has 0 saturated carbocycles. The van der Waals surface area contributed by atoms with E-state index in [1.807, 2.05) is 11.8 Å². The third-order valence-electron chi connectivity index (χ3n) is 1.87. The minimum Gasteiger partial charge on any atom is -0.385 e. The lowest BCUT2D eigenvalue weighted by Gasteiger charge is -2.07. The van der Waals surface area contributed by atoms with Gasteiger partial charge in [0.15, 0.2) is 0 Å². The Hall–Kier alpha value is -0.340. The lowest BCUT2D eigenvalue weighted by molar-refractivity contribution is 0.986. The maximum atomic E-state index is 5.61. The number of rotatable bonds is 6. The average molecular weight is 244 g/mol. The number of hydrogen-bond acceptors (Lipinski definition) is 2. The highest BCUT2D eigenvalue weighted by Gasteiger charge is 1.98. The zero-order valence-electron chi connectivity index (χ0n) is 9.29. The second-order valence-corrected chi connectivity index (χ2v) is 5.69. The molecule has 0 heterocycles. The van der Waals surface area contributed by atoms with Gasteiger partial charge in [-0.15, -0.1) is 23.4 Å². The van der Waals surface area contributed by atoms with Crippen LogP contribution in [0.25, 0.3) is 0 Å². The van der Waals surface area contributed by atoms with Crippen LogP contribution in [0.15, 0.2) is 29.2 Å². The SMILES string of the molecule is CC(C)Sc1ccc(NCCCCl)cc1. The highest BCUT2D eigenvalue weighted by atomic mass is 35.5. The zero-order valence-corrected chi connectivity index (χ0v) is 10.9. The third-order valence-corrected chi connectivity index (χ3v) is 3.15. The fourth-order valence-corrected chi connectivity index (χ4v) is 2.19. The molecule has 1 nitrogen and oxygen atoms in total. The first-order chi connectivity index (χ1) is 7.22. The number of halogens is 1. The molecule has 1 rings (SSSR count). The van der Waals surface area contributed by atoms with Crippen molar-refractivity contribution < 1.29 is 0 Å². The molecule has 1 aromatic rings. The van der Waals surface area contributed by atoms with Crippen LogP contribution in [0.1, 0.15) is 20.3 Å². The summed E-state index contributed by atoms with van der Waals surface area (Å²) in [6, 6.07) is 8.57. The Morgan fingerprint density at radius 3 is 2.47 bits per heavy atom. The predicted molar refractivity (Wildman–Crippen MR) is 71.3 cm³/mol. The van der Waals surface area contributed by atoms with E-state index in [1.165, 1.54) is 10.6 Å². The van der Waals surface area contributed by atoms with Crippen molar-refractivity contribution in [3.8, 4) is 0 Å². The van der Waals surface area contributed by atoms with Gasteiger partial charge in [0.1, 0.15) is 0 Å². The zero-order chi connectivity index (χ0) is 11.1. The van der Waals surface area contributed by atoms with Gasteiger partial charge in [-0.25, -0.2) is 0 Å². The molecule has 1 aromatic carbocycles. The molecule has 3 heteroatoms. The van der Waals surface area contributed by atoms with Crippen LogP contribution in [-0.2, 0) is 0 Å². The summed E-state index contributed by atoms with van der Waals surface area (Å²) in [7, 11) is 0. The highest BCUT2D eigenvalue weighted by Crippen LogP contribution is 2.24. The van der Waals surface area contributed by atoms with E-state index in [1.54, 1.807) is 0 Å². The summed E-state index contributed by atoms with van der Waals surface area (Å²) < 4.78 is 0. The first kappa shape index (κ1) is 12.7. The van der Waals surface area contributed by atoms with Crippen LogP contribution in [0, 0.1) is 0 Å². The molecule has 0 amide bonds. The van der Waals surface area contributed by atoms with Crippen LogP contribution in [0.4, 0.5) is 5.69 Å². The number of thioether (sulfide) groups is 1. The van der Waals surface area contributed by atoms with Crippen molar-refractivity contribution in [3.63, 3.8) is 0 Å². The van der Waals surface area contributed by atoms with Crippen molar-refractivity contribution in [2.24, 2.45) is 0 Å². The van der Waals surface area contributed by atoms with Gasteiger partial charge < -0.3 is 5.32 Å². The number of benzene rings is 1. The number of nitrogens with one attached hydrogen (secondary N) is 1. The lowest BCUT2D eigenvalue weighted by Crippen LogP contribution is -2.01. The molecule has 0 aliphatic carbocycles. The molecule has 0 fully saturated rings. The van der Waals surface area contributed by atoms with Gasteiger partial charge in [-0.3, -0.25) is 0 Å². The van der Waals surface area contributed by atoms with Gasteiger partial charge in [0, 0.05) is 28.3 Å². The predicted octanol–water partition coefficient (Wildman–Crippen LogP) is 4.23. The van der Waals surface area contributed by atoms with Gasteiger partial charge in [-0.2, -0.15) is 0 Å². The van der Waals surface area contributed by atoms with E-state index in [9.17, 15) is 0 Å². The molecule has 0 saturated heterocycles. The molecule has 0 aliphatic heterocycles. The first-order valence-corrected chi connectivity index (χ1v) is 6.70. The summed E-state index contributed by atoms with van der Waals surface area (Å²) >= 11 is 7.49. The molecule has 1 N–H and O–H groups in total. The standard InChI is InChI=1S/C12H18ClNS/c1-10(2)15-12-6-4-11(5-7-12)14-9-3-8-13/h4-7,10,14H,3,8-9H2,1-2H3. The van der Waals surface area contributed by atoms with Crippen LogP contribution < -0.4 is 5.32 Å². The van der Waals surface area contributed by atoms with Crippen molar-refractivity contribution in [1.82, 2.24) is 0 Å². The minimum atomic E-state index is 0.639. The molecule has 0 spiro atoms. The van der Waals surface area contributed by atoms with Crippen LogP contribution in [-0.4, -0.2) is 17.7 Å². The summed E-state index contributed by atoms with van der Waals surface area (Å²) in [6.07, 6.45) is 1.00. The Kier molecular flexibility index (Phi) is 5.96. The topological polar surface area (TPSA) is 12.0 Å². The molecule has 0 unspecified atom stereocenters. The van der Waals surface area contributed by atoms with Gasteiger partial charge in [-0.05, 0) is 30.7 Å². The molecule has 15 heavy (non-hydrogen) atoms. The van der Waals surface area contributed by atoms with Crippen LogP contribution in [0.5, 0.6) is 0 Å². The molecule has 0 radical (unpaired) electrons. The summed E-state index contributed by atoms with van der Waals surface area (Å²) in [4.78, 5) is 1.33. The maximum Gasteiger partial charge on any atom is 0.0340 e. The Labute approximate surface area is 102 Å². The fraction of sp³-hybridized carbons (Fsp3) is 0.500. The highest BCUT2D eigenvalue weighted by molar-refractivity contribution is 7.99. The van der Waals surface area contributed by atoms with Gasteiger partial charge in [-0.1, -0.05) is 13.8 Å². The molecular formula is C12H18ClNS. The van der Waals surface area contributed by atoms with Crippen molar-refractivity contribution in [2.75, 3.05) is 17.7 Å². The molecule has 0 bridgehead atoms. The van der Waals surface area contributed by atoms with Gasteiger partial charge >= 0.3 is 0 Å². The maximum absolute atomic E-state index is 5.61. The van der Waals surface area contributed by atoms with Crippen molar-refractivity contribution in [2.45, 2.75) is 30.4 Å². The second-order valence-electron chi connectivity index (χ2n) is 3.66. The van der Waals surface area contributed by atoms with E-state index in [-0.39, 0.29) is 0 Å². The van der Waals surface area contributed by atoms with E-state index >= 15 is 0 Å². The molecular weight excluding hydrogens is 226 g/mol. The van der Waals surface area contributed by atoms with Crippen molar-refractivity contribution in [1.29, 1.82) is 0 Å². The van der Waals surface area contributed by atoms with E-state index in [2.05, 4.69) is 43.4 Å². The average Bonchev–Trinajstić information content (AvgIpc) is 2.20. The van der Waals surface area contributed by atoms with Crippen LogP contribution in [0.2, 0.25) is 0 Å². The van der Waals surface area contributed by atoms with E-state index in [0.717, 1.165) is 13.0 Å².